The highest BCUT2D eigenvalue weighted by Gasteiger charge is 2.42. The Hall–Kier alpha value is -1.75. The Morgan fingerprint density at radius 3 is 2.59 bits per heavy atom. The van der Waals surface area contributed by atoms with Crippen molar-refractivity contribution in [1.82, 2.24) is 14.7 Å². The van der Waals surface area contributed by atoms with Gasteiger partial charge in [0.15, 0.2) is 0 Å². The average molecular weight is 297 g/mol. The maximum absolute atomic E-state index is 12.6. The molecule has 1 aliphatic rings. The number of para-hydroxylation sites is 1. The molecule has 0 aliphatic carbocycles. The molecule has 116 valence electrons. The van der Waals surface area contributed by atoms with E-state index in [1.165, 1.54) is 16.5 Å². The molecule has 22 heavy (non-hydrogen) atoms. The molecule has 0 bridgehead atoms. The summed E-state index contributed by atoms with van der Waals surface area (Å²) < 4.78 is 2.13. The molecule has 1 aromatic heterocycles. The van der Waals surface area contributed by atoms with Crippen molar-refractivity contribution in [1.29, 1.82) is 0 Å². The maximum Gasteiger partial charge on any atom is 0.241 e. The Labute approximate surface area is 132 Å². The lowest BCUT2D eigenvalue weighted by atomic mass is 9.92. The van der Waals surface area contributed by atoms with Gasteiger partial charge >= 0.3 is 0 Å². The summed E-state index contributed by atoms with van der Waals surface area (Å²) in [6, 6.07) is 8.22. The molecule has 1 unspecified atom stereocenters. The normalized spacial score (nSPS) is 22.7. The number of nitrogens with one attached hydrogen (secondary N) is 1. The third-order valence-electron chi connectivity index (χ3n) is 4.62. The number of likely N-dealkylation sites (N-methyl/N-ethyl adjacent to an activating group) is 1. The predicted molar refractivity (Wildman–Crippen MR) is 92.5 cm³/mol. The fourth-order valence-corrected chi connectivity index (χ4v) is 3.53. The fraction of sp³-hybridized carbons (Fsp3) is 0.471. The number of aromatic nitrogens is 1. The van der Waals surface area contributed by atoms with Crippen molar-refractivity contribution in [2.75, 3.05) is 7.05 Å². The minimum Gasteiger partial charge on any atom is -0.399 e. The summed E-state index contributed by atoms with van der Waals surface area (Å²) in [5.41, 5.74) is 2.47. The molecule has 2 heterocycles. The molecule has 2 aromatic rings. The van der Waals surface area contributed by atoms with Gasteiger partial charge in [-0.25, -0.2) is 0 Å². The minimum absolute atomic E-state index is 0.0257. The van der Waals surface area contributed by atoms with E-state index in [0.717, 1.165) is 6.42 Å². The summed E-state index contributed by atoms with van der Waals surface area (Å²) in [5.74, 6) is 0.188. The van der Waals surface area contributed by atoms with E-state index in [2.05, 4.69) is 69.0 Å². The van der Waals surface area contributed by atoms with Crippen LogP contribution in [0.3, 0.4) is 0 Å². The van der Waals surface area contributed by atoms with Crippen LogP contribution in [0.4, 0.5) is 0 Å². The standard InChI is InChI=1S/C17H24BN3O/c1-17(2,3)16-19-13(15(22)20(16)4)9-11-10-21(18)14-8-6-5-7-12(11)14/h5-8,10,13,16,19H,9,18H2,1-4H3/t13-,16?/m0/s1. The van der Waals surface area contributed by atoms with Crippen LogP contribution in [0.15, 0.2) is 30.5 Å². The van der Waals surface area contributed by atoms with E-state index < -0.39 is 0 Å². The van der Waals surface area contributed by atoms with Crippen LogP contribution in [-0.2, 0) is 11.2 Å². The first-order valence-electron chi connectivity index (χ1n) is 7.84. The second kappa shape index (κ2) is 5.16. The van der Waals surface area contributed by atoms with Gasteiger partial charge in [-0.3, -0.25) is 10.1 Å². The fourth-order valence-electron chi connectivity index (χ4n) is 3.53. The Morgan fingerprint density at radius 2 is 1.95 bits per heavy atom. The van der Waals surface area contributed by atoms with Crippen LogP contribution in [-0.4, -0.2) is 42.5 Å². The molecule has 5 heteroatoms. The second-order valence-corrected chi connectivity index (χ2v) is 7.42. The number of carbonyl (C=O) groups excluding carboxylic acids is 1. The quantitative estimate of drug-likeness (QED) is 0.850. The zero-order chi connectivity index (χ0) is 16.1. The number of hydrogen-bond acceptors (Lipinski definition) is 2. The van der Waals surface area contributed by atoms with Gasteiger partial charge < -0.3 is 9.38 Å². The predicted octanol–water partition coefficient (Wildman–Crippen LogP) is 1.38. The van der Waals surface area contributed by atoms with Crippen molar-refractivity contribution in [3.05, 3.63) is 36.0 Å². The van der Waals surface area contributed by atoms with E-state index in [1.54, 1.807) is 0 Å². The minimum atomic E-state index is -0.139. The first-order valence-corrected chi connectivity index (χ1v) is 7.84. The van der Waals surface area contributed by atoms with Gasteiger partial charge in [-0.05, 0) is 29.7 Å². The van der Waals surface area contributed by atoms with Crippen LogP contribution in [0, 0.1) is 5.41 Å². The number of fused-ring (bicyclic) bond motifs is 1. The van der Waals surface area contributed by atoms with Gasteiger partial charge in [0.2, 0.25) is 13.9 Å². The molecule has 2 atom stereocenters. The molecule has 1 aromatic carbocycles. The summed E-state index contributed by atoms with van der Waals surface area (Å²) in [6.45, 7) is 6.48. The van der Waals surface area contributed by atoms with Gasteiger partial charge in [0, 0.05) is 18.0 Å². The van der Waals surface area contributed by atoms with Crippen LogP contribution < -0.4 is 5.32 Å². The van der Waals surface area contributed by atoms with Crippen molar-refractivity contribution in [3.8, 4) is 0 Å². The van der Waals surface area contributed by atoms with Crippen molar-refractivity contribution >= 4 is 24.8 Å². The van der Waals surface area contributed by atoms with Gasteiger partial charge in [0.25, 0.3) is 0 Å². The average Bonchev–Trinajstić information content (AvgIpc) is 2.92. The first-order chi connectivity index (χ1) is 10.3. The molecular formula is C17H24BN3O. The topological polar surface area (TPSA) is 37.3 Å². The van der Waals surface area contributed by atoms with Crippen LogP contribution in [0.25, 0.3) is 10.9 Å². The van der Waals surface area contributed by atoms with Gasteiger partial charge in [-0.15, -0.1) is 0 Å². The van der Waals surface area contributed by atoms with Crippen LogP contribution in [0.5, 0.6) is 0 Å². The van der Waals surface area contributed by atoms with E-state index in [9.17, 15) is 4.79 Å². The van der Waals surface area contributed by atoms with E-state index in [-0.39, 0.29) is 23.5 Å². The number of nitrogens with zero attached hydrogens (tertiary/aromatic N) is 2. The highest BCUT2D eigenvalue weighted by Crippen LogP contribution is 2.29. The summed E-state index contributed by atoms with van der Waals surface area (Å²) in [5, 5.41) is 4.76. The summed E-state index contributed by atoms with van der Waals surface area (Å²) in [7, 11) is 3.95. The number of carbonyl (C=O) groups is 1. The highest BCUT2D eigenvalue weighted by molar-refractivity contribution is 6.12. The molecule has 0 radical (unpaired) electrons. The van der Waals surface area contributed by atoms with E-state index in [0.29, 0.717) is 0 Å². The van der Waals surface area contributed by atoms with Crippen LogP contribution in [0.1, 0.15) is 26.3 Å². The van der Waals surface area contributed by atoms with Crippen molar-refractivity contribution in [2.45, 2.75) is 39.4 Å². The third kappa shape index (κ3) is 2.43. The zero-order valence-corrected chi connectivity index (χ0v) is 14.1. The first kappa shape index (κ1) is 15.2. The van der Waals surface area contributed by atoms with Crippen molar-refractivity contribution in [2.24, 2.45) is 5.41 Å². The zero-order valence-electron chi connectivity index (χ0n) is 14.1. The summed E-state index contributed by atoms with van der Waals surface area (Å²) in [4.78, 5) is 14.4. The Morgan fingerprint density at radius 1 is 1.27 bits per heavy atom. The third-order valence-corrected chi connectivity index (χ3v) is 4.62. The van der Waals surface area contributed by atoms with E-state index >= 15 is 0 Å². The highest BCUT2D eigenvalue weighted by atomic mass is 16.2. The molecule has 0 spiro atoms. The van der Waals surface area contributed by atoms with Gasteiger partial charge in [-0.2, -0.15) is 0 Å². The van der Waals surface area contributed by atoms with Crippen LogP contribution >= 0.6 is 0 Å². The molecule has 1 N–H and O–H groups in total. The van der Waals surface area contributed by atoms with Gasteiger partial charge in [-0.1, -0.05) is 39.0 Å². The van der Waals surface area contributed by atoms with Gasteiger partial charge in [0.1, 0.15) is 0 Å². The Balaban J connectivity index is 1.88. The smallest absolute Gasteiger partial charge is 0.241 e. The monoisotopic (exact) mass is 297 g/mol. The molecule has 1 aliphatic heterocycles. The Bertz CT molecular complexity index is 716. The van der Waals surface area contributed by atoms with E-state index in [1.807, 2.05) is 11.9 Å². The molecule has 4 nitrogen and oxygen atoms in total. The molecule has 1 saturated heterocycles. The Kier molecular flexibility index (Phi) is 3.56. The molecular weight excluding hydrogens is 273 g/mol. The SMILES string of the molecule is Bn1cc(C[C@@H]2NC(C(C)(C)C)N(C)C2=O)c2ccccc21. The number of rotatable bonds is 2. The molecule has 1 amide bonds. The van der Waals surface area contributed by atoms with Crippen molar-refractivity contribution < 1.29 is 4.79 Å². The lowest BCUT2D eigenvalue weighted by Crippen LogP contribution is -2.45. The number of hydrogen-bond donors (Lipinski definition) is 1. The number of benzene rings is 1. The van der Waals surface area contributed by atoms with E-state index in [4.69, 9.17) is 0 Å². The number of amides is 1. The van der Waals surface area contributed by atoms with Crippen molar-refractivity contribution in [3.63, 3.8) is 0 Å². The molecule has 1 fully saturated rings. The van der Waals surface area contributed by atoms with Gasteiger partial charge in [0.05, 0.1) is 12.2 Å². The lowest BCUT2D eigenvalue weighted by Gasteiger charge is -2.32. The second-order valence-electron chi connectivity index (χ2n) is 7.42. The molecule has 0 saturated carbocycles. The maximum atomic E-state index is 12.6. The summed E-state index contributed by atoms with van der Waals surface area (Å²) >= 11 is 0. The largest absolute Gasteiger partial charge is 0.399 e. The molecule has 3 rings (SSSR count). The van der Waals surface area contributed by atoms with Crippen LogP contribution in [0.2, 0.25) is 0 Å². The summed E-state index contributed by atoms with van der Waals surface area (Å²) in [6.07, 6.45) is 2.96. The lowest BCUT2D eigenvalue weighted by molar-refractivity contribution is -0.129.